The molecule has 2 fully saturated rings. The van der Waals surface area contributed by atoms with E-state index in [0.29, 0.717) is 24.9 Å². The van der Waals surface area contributed by atoms with Crippen molar-refractivity contribution in [2.45, 2.75) is 57.6 Å². The first-order valence-corrected chi connectivity index (χ1v) is 8.99. The van der Waals surface area contributed by atoms with E-state index in [9.17, 15) is 4.79 Å². The maximum Gasteiger partial charge on any atom is 0.252 e. The Kier molecular flexibility index (Phi) is 6.20. The molecule has 24 heavy (non-hydrogen) atoms. The second-order valence-corrected chi connectivity index (χ2v) is 6.62. The first kappa shape index (κ1) is 17.4. The third-order valence-electron chi connectivity index (χ3n) is 4.93. The van der Waals surface area contributed by atoms with Crippen LogP contribution in [-0.2, 0) is 20.9 Å². The summed E-state index contributed by atoms with van der Waals surface area (Å²) in [6.07, 6.45) is 7.43. The molecule has 0 unspecified atom stereocenters. The van der Waals surface area contributed by atoms with Crippen LogP contribution in [0.1, 0.15) is 62.7 Å². The van der Waals surface area contributed by atoms with Crippen LogP contribution in [-0.4, -0.2) is 47.8 Å². The number of amides is 1. The fourth-order valence-electron chi connectivity index (χ4n) is 3.63. The van der Waals surface area contributed by atoms with E-state index < -0.39 is 0 Å². The zero-order valence-electron chi connectivity index (χ0n) is 14.4. The molecule has 134 valence electrons. The Hall–Kier alpha value is -1.47. The van der Waals surface area contributed by atoms with Crippen LogP contribution in [0.15, 0.2) is 4.52 Å². The van der Waals surface area contributed by atoms with Crippen LogP contribution in [0.2, 0.25) is 0 Å². The van der Waals surface area contributed by atoms with Gasteiger partial charge >= 0.3 is 0 Å². The van der Waals surface area contributed by atoms with Gasteiger partial charge in [0.25, 0.3) is 5.89 Å². The molecule has 1 amide bonds. The number of nitrogens with zero attached hydrogens (tertiary/aromatic N) is 3. The number of carbonyl (C=O) groups excluding carboxylic acids is 1. The van der Waals surface area contributed by atoms with E-state index in [1.165, 1.54) is 12.8 Å². The molecule has 7 nitrogen and oxygen atoms in total. The molecular formula is C17H27N3O4. The molecule has 0 radical (unpaired) electrons. The van der Waals surface area contributed by atoms with Gasteiger partial charge in [0.2, 0.25) is 5.91 Å². The highest BCUT2D eigenvalue weighted by Gasteiger charge is 2.35. The Morgan fingerprint density at radius 2 is 2.00 bits per heavy atom. The Labute approximate surface area is 142 Å². The molecule has 1 aromatic rings. The molecule has 1 aromatic heterocycles. The van der Waals surface area contributed by atoms with E-state index in [0.717, 1.165) is 38.6 Å². The van der Waals surface area contributed by atoms with Crippen molar-refractivity contribution >= 4 is 5.91 Å². The summed E-state index contributed by atoms with van der Waals surface area (Å²) >= 11 is 0. The van der Waals surface area contributed by atoms with Gasteiger partial charge in [-0.15, -0.1) is 0 Å². The van der Waals surface area contributed by atoms with Gasteiger partial charge in [0, 0.05) is 19.6 Å². The van der Waals surface area contributed by atoms with Crippen molar-refractivity contribution in [3.05, 3.63) is 11.7 Å². The maximum absolute atomic E-state index is 12.8. The average Bonchev–Trinajstić information content (AvgIpc) is 3.30. The molecule has 1 atom stereocenters. The summed E-state index contributed by atoms with van der Waals surface area (Å²) in [6.45, 7) is 2.10. The number of rotatable bonds is 7. The molecule has 1 aliphatic carbocycles. The smallest absolute Gasteiger partial charge is 0.252 e. The summed E-state index contributed by atoms with van der Waals surface area (Å²) in [4.78, 5) is 19.3. The lowest BCUT2D eigenvalue weighted by Crippen LogP contribution is -2.41. The third kappa shape index (κ3) is 4.13. The lowest BCUT2D eigenvalue weighted by Gasteiger charge is -2.35. The predicted octanol–water partition coefficient (Wildman–Crippen LogP) is 2.48. The summed E-state index contributed by atoms with van der Waals surface area (Å²) in [5.74, 6) is 1.54. The van der Waals surface area contributed by atoms with E-state index >= 15 is 0 Å². The van der Waals surface area contributed by atoms with E-state index in [2.05, 4.69) is 10.1 Å². The molecule has 2 heterocycles. The van der Waals surface area contributed by atoms with Gasteiger partial charge in [0.05, 0.1) is 19.3 Å². The number of methoxy groups -OCH3 is 1. The predicted molar refractivity (Wildman–Crippen MR) is 86.1 cm³/mol. The summed E-state index contributed by atoms with van der Waals surface area (Å²) in [7, 11) is 1.63. The zero-order valence-corrected chi connectivity index (χ0v) is 14.4. The molecule has 7 heteroatoms. The molecular weight excluding hydrogens is 310 g/mol. The SMILES string of the molecule is COCCOCc1nc([C@@H]2CCCCN2C(=O)C2CCCC2)no1. The van der Waals surface area contributed by atoms with Crippen LogP contribution in [0.5, 0.6) is 0 Å². The monoisotopic (exact) mass is 337 g/mol. The average molecular weight is 337 g/mol. The van der Waals surface area contributed by atoms with Crippen molar-refractivity contribution in [2.75, 3.05) is 26.9 Å². The van der Waals surface area contributed by atoms with E-state index in [4.69, 9.17) is 14.0 Å². The topological polar surface area (TPSA) is 77.7 Å². The summed E-state index contributed by atoms with van der Waals surface area (Å²) in [6, 6.07) is -0.0525. The van der Waals surface area contributed by atoms with Crippen LogP contribution in [0.4, 0.5) is 0 Å². The van der Waals surface area contributed by atoms with Crippen LogP contribution in [0.3, 0.4) is 0 Å². The molecule has 0 spiro atoms. The molecule has 2 aliphatic rings. The fraction of sp³-hybridized carbons (Fsp3) is 0.824. The lowest BCUT2D eigenvalue weighted by atomic mass is 9.98. The van der Waals surface area contributed by atoms with E-state index in [-0.39, 0.29) is 24.5 Å². The molecule has 0 N–H and O–H groups in total. The molecule has 3 rings (SSSR count). The van der Waals surface area contributed by atoms with Gasteiger partial charge in [-0.2, -0.15) is 4.98 Å². The number of piperidine rings is 1. The fourth-order valence-corrected chi connectivity index (χ4v) is 3.63. The molecule has 0 bridgehead atoms. The summed E-state index contributed by atoms with van der Waals surface area (Å²) < 4.78 is 15.6. The van der Waals surface area contributed by atoms with Gasteiger partial charge in [-0.05, 0) is 32.1 Å². The van der Waals surface area contributed by atoms with Gasteiger partial charge in [0.1, 0.15) is 6.61 Å². The number of aromatic nitrogens is 2. The minimum Gasteiger partial charge on any atom is -0.382 e. The van der Waals surface area contributed by atoms with Crippen molar-refractivity contribution in [2.24, 2.45) is 5.92 Å². The van der Waals surface area contributed by atoms with Crippen molar-refractivity contribution < 1.29 is 18.8 Å². The van der Waals surface area contributed by atoms with Crippen LogP contribution in [0.25, 0.3) is 0 Å². The Morgan fingerprint density at radius 3 is 2.79 bits per heavy atom. The van der Waals surface area contributed by atoms with Gasteiger partial charge in [-0.25, -0.2) is 0 Å². The Balaban J connectivity index is 1.62. The highest BCUT2D eigenvalue weighted by molar-refractivity contribution is 5.79. The molecule has 1 aliphatic heterocycles. The van der Waals surface area contributed by atoms with Gasteiger partial charge < -0.3 is 18.9 Å². The van der Waals surface area contributed by atoms with E-state index in [1.54, 1.807) is 7.11 Å². The van der Waals surface area contributed by atoms with Crippen molar-refractivity contribution in [3.63, 3.8) is 0 Å². The zero-order chi connectivity index (χ0) is 16.8. The van der Waals surface area contributed by atoms with Crippen LogP contribution >= 0.6 is 0 Å². The highest BCUT2D eigenvalue weighted by atomic mass is 16.5. The Bertz CT molecular complexity index is 528. The summed E-state index contributed by atoms with van der Waals surface area (Å²) in [5, 5.41) is 4.11. The van der Waals surface area contributed by atoms with E-state index in [1.807, 2.05) is 4.90 Å². The van der Waals surface area contributed by atoms with Crippen molar-refractivity contribution in [3.8, 4) is 0 Å². The molecule has 1 saturated carbocycles. The largest absolute Gasteiger partial charge is 0.382 e. The lowest BCUT2D eigenvalue weighted by molar-refractivity contribution is -0.139. The number of carbonyl (C=O) groups is 1. The van der Waals surface area contributed by atoms with Crippen molar-refractivity contribution in [1.82, 2.24) is 15.0 Å². The van der Waals surface area contributed by atoms with Crippen LogP contribution in [0, 0.1) is 5.92 Å². The molecule has 0 aromatic carbocycles. The number of hydrogen-bond acceptors (Lipinski definition) is 6. The van der Waals surface area contributed by atoms with Crippen molar-refractivity contribution in [1.29, 1.82) is 0 Å². The normalized spacial score (nSPS) is 22.2. The standard InChI is InChI=1S/C17H27N3O4/c1-22-10-11-23-12-15-18-16(19-24-15)14-8-4-5-9-20(14)17(21)13-6-2-3-7-13/h13-14H,2-12H2,1H3/t14-/m0/s1. The first-order chi connectivity index (χ1) is 11.8. The number of ether oxygens (including phenoxy) is 2. The summed E-state index contributed by atoms with van der Waals surface area (Å²) in [5.41, 5.74) is 0. The van der Waals surface area contributed by atoms with Gasteiger partial charge in [-0.3, -0.25) is 4.79 Å². The number of hydrogen-bond donors (Lipinski definition) is 0. The minimum absolute atomic E-state index is 0.0525. The number of likely N-dealkylation sites (tertiary alicyclic amines) is 1. The second-order valence-electron chi connectivity index (χ2n) is 6.62. The third-order valence-corrected chi connectivity index (χ3v) is 4.93. The van der Waals surface area contributed by atoms with Crippen LogP contribution < -0.4 is 0 Å². The highest BCUT2D eigenvalue weighted by Crippen LogP contribution is 2.34. The molecule has 1 saturated heterocycles. The second kappa shape index (κ2) is 8.58. The van der Waals surface area contributed by atoms with Gasteiger partial charge in [-0.1, -0.05) is 18.0 Å². The first-order valence-electron chi connectivity index (χ1n) is 8.99. The Morgan fingerprint density at radius 1 is 1.21 bits per heavy atom. The minimum atomic E-state index is -0.0525. The van der Waals surface area contributed by atoms with Gasteiger partial charge in [0.15, 0.2) is 5.82 Å². The quantitative estimate of drug-likeness (QED) is 0.711. The maximum atomic E-state index is 12.8.